The molecular weight excluding hydrogens is 268 g/mol. The number of ether oxygens (including phenoxy) is 1. The van der Waals surface area contributed by atoms with Crippen LogP contribution in [0.4, 0.5) is 5.69 Å². The Kier molecular flexibility index (Phi) is 4.35. The third kappa shape index (κ3) is 3.52. The van der Waals surface area contributed by atoms with Crippen molar-refractivity contribution in [3.63, 3.8) is 0 Å². The summed E-state index contributed by atoms with van der Waals surface area (Å²) in [5.41, 5.74) is 1.23. The van der Waals surface area contributed by atoms with E-state index in [1.165, 1.54) is 5.69 Å². The highest BCUT2D eigenvalue weighted by Crippen LogP contribution is 2.20. The quantitative estimate of drug-likeness (QED) is 0.902. The smallest absolute Gasteiger partial charge is 0.264 e. The number of nitrogens with one attached hydrogen (secondary N) is 1. The fraction of sp³-hybridized carbons (Fsp3) is 0.467. The lowest BCUT2D eigenvalue weighted by atomic mass is 10.2. The van der Waals surface area contributed by atoms with E-state index in [1.807, 2.05) is 19.1 Å². The zero-order chi connectivity index (χ0) is 14.5. The Bertz CT molecular complexity index is 561. The monoisotopic (exact) mass is 288 g/mol. The average molecular weight is 288 g/mol. The zero-order valence-corrected chi connectivity index (χ0v) is 12.2. The summed E-state index contributed by atoms with van der Waals surface area (Å²) in [6.07, 6.45) is 0.767. The van der Waals surface area contributed by atoms with Crippen LogP contribution >= 0.6 is 0 Å². The fourth-order valence-electron chi connectivity index (χ4n) is 2.31. The van der Waals surface area contributed by atoms with Crippen molar-refractivity contribution < 1.29 is 9.26 Å². The Hall–Kier alpha value is -2.08. The maximum Gasteiger partial charge on any atom is 0.264 e. The second-order valence-electron chi connectivity index (χ2n) is 4.98. The number of aromatic nitrogens is 2. The molecule has 6 heteroatoms. The molecule has 1 aromatic carbocycles. The SMILES string of the molecule is CCc1noc(COc2ccc(N3CCNCC3)cc2)n1. The van der Waals surface area contributed by atoms with Gasteiger partial charge in [-0.1, -0.05) is 12.1 Å². The summed E-state index contributed by atoms with van der Waals surface area (Å²) < 4.78 is 10.8. The van der Waals surface area contributed by atoms with Crippen LogP contribution in [-0.4, -0.2) is 36.3 Å². The van der Waals surface area contributed by atoms with E-state index in [1.54, 1.807) is 0 Å². The van der Waals surface area contributed by atoms with E-state index in [4.69, 9.17) is 9.26 Å². The molecule has 112 valence electrons. The normalized spacial score (nSPS) is 15.2. The third-order valence-electron chi connectivity index (χ3n) is 3.51. The minimum Gasteiger partial charge on any atom is -0.484 e. The van der Waals surface area contributed by atoms with Crippen molar-refractivity contribution in [2.24, 2.45) is 0 Å². The van der Waals surface area contributed by atoms with Gasteiger partial charge in [0.15, 0.2) is 12.4 Å². The van der Waals surface area contributed by atoms with Crippen molar-refractivity contribution in [3.8, 4) is 5.75 Å². The van der Waals surface area contributed by atoms with Gasteiger partial charge in [-0.15, -0.1) is 0 Å². The minimum absolute atomic E-state index is 0.306. The number of benzene rings is 1. The largest absolute Gasteiger partial charge is 0.484 e. The number of hydrogen-bond donors (Lipinski definition) is 1. The highest BCUT2D eigenvalue weighted by molar-refractivity contribution is 5.49. The molecule has 2 heterocycles. The van der Waals surface area contributed by atoms with Crippen LogP contribution in [0.5, 0.6) is 5.75 Å². The summed E-state index contributed by atoms with van der Waals surface area (Å²) in [4.78, 5) is 6.58. The predicted molar refractivity (Wildman–Crippen MR) is 79.5 cm³/mol. The first-order valence-corrected chi connectivity index (χ1v) is 7.35. The van der Waals surface area contributed by atoms with E-state index in [0.717, 1.165) is 38.3 Å². The zero-order valence-electron chi connectivity index (χ0n) is 12.2. The van der Waals surface area contributed by atoms with Gasteiger partial charge < -0.3 is 19.5 Å². The van der Waals surface area contributed by atoms with Gasteiger partial charge in [-0.05, 0) is 24.3 Å². The fourth-order valence-corrected chi connectivity index (χ4v) is 2.31. The van der Waals surface area contributed by atoms with Gasteiger partial charge in [0.1, 0.15) is 5.75 Å². The summed E-state index contributed by atoms with van der Waals surface area (Å²) in [7, 11) is 0. The highest BCUT2D eigenvalue weighted by Gasteiger charge is 2.10. The molecule has 6 nitrogen and oxygen atoms in total. The molecule has 21 heavy (non-hydrogen) atoms. The maximum atomic E-state index is 5.67. The van der Waals surface area contributed by atoms with Crippen molar-refractivity contribution in [1.29, 1.82) is 0 Å². The second-order valence-corrected chi connectivity index (χ2v) is 4.98. The molecule has 2 aromatic rings. The molecular formula is C15H20N4O2. The summed E-state index contributed by atoms with van der Waals surface area (Å²) in [6, 6.07) is 8.14. The summed E-state index contributed by atoms with van der Waals surface area (Å²) in [5.74, 6) is 2.03. The number of aryl methyl sites for hydroxylation is 1. The van der Waals surface area contributed by atoms with Crippen LogP contribution in [0.15, 0.2) is 28.8 Å². The van der Waals surface area contributed by atoms with Crippen LogP contribution < -0.4 is 15.0 Å². The Morgan fingerprint density at radius 3 is 2.67 bits per heavy atom. The van der Waals surface area contributed by atoms with E-state index in [-0.39, 0.29) is 0 Å². The summed E-state index contributed by atoms with van der Waals surface area (Å²) in [5, 5.41) is 7.19. The molecule has 1 saturated heterocycles. The van der Waals surface area contributed by atoms with Crippen LogP contribution in [-0.2, 0) is 13.0 Å². The number of hydrogen-bond acceptors (Lipinski definition) is 6. The molecule has 1 aliphatic heterocycles. The lowest BCUT2D eigenvalue weighted by Gasteiger charge is -2.29. The van der Waals surface area contributed by atoms with Gasteiger partial charge in [0.2, 0.25) is 0 Å². The second kappa shape index (κ2) is 6.58. The molecule has 3 rings (SSSR count). The summed E-state index contributed by atoms with van der Waals surface area (Å²) >= 11 is 0. The van der Waals surface area contributed by atoms with Crippen molar-refractivity contribution >= 4 is 5.69 Å². The van der Waals surface area contributed by atoms with Gasteiger partial charge in [0, 0.05) is 38.3 Å². The molecule has 0 spiro atoms. The van der Waals surface area contributed by atoms with E-state index in [0.29, 0.717) is 18.3 Å². The van der Waals surface area contributed by atoms with E-state index in [2.05, 4.69) is 32.5 Å². The lowest BCUT2D eigenvalue weighted by Crippen LogP contribution is -2.43. The molecule has 0 saturated carbocycles. The number of piperazine rings is 1. The van der Waals surface area contributed by atoms with Gasteiger partial charge >= 0.3 is 0 Å². The van der Waals surface area contributed by atoms with Crippen LogP contribution in [0.25, 0.3) is 0 Å². The Morgan fingerprint density at radius 2 is 2.00 bits per heavy atom. The summed E-state index contributed by atoms with van der Waals surface area (Å²) in [6.45, 7) is 6.46. The van der Waals surface area contributed by atoms with E-state index in [9.17, 15) is 0 Å². The maximum absolute atomic E-state index is 5.67. The van der Waals surface area contributed by atoms with Gasteiger partial charge in [0.25, 0.3) is 5.89 Å². The first kappa shape index (κ1) is 13.9. The lowest BCUT2D eigenvalue weighted by molar-refractivity contribution is 0.242. The molecule has 1 fully saturated rings. The molecule has 0 atom stereocenters. The Labute approximate surface area is 124 Å². The minimum atomic E-state index is 0.306. The number of rotatable bonds is 5. The third-order valence-corrected chi connectivity index (χ3v) is 3.51. The predicted octanol–water partition coefficient (Wildman–Crippen LogP) is 1.62. The van der Waals surface area contributed by atoms with Crippen LogP contribution in [0.3, 0.4) is 0 Å². The average Bonchev–Trinajstić information content (AvgIpc) is 3.02. The molecule has 0 bridgehead atoms. The molecule has 1 aromatic heterocycles. The Balaban J connectivity index is 1.56. The topological polar surface area (TPSA) is 63.4 Å². The van der Waals surface area contributed by atoms with Gasteiger partial charge in [-0.3, -0.25) is 0 Å². The molecule has 0 aliphatic carbocycles. The van der Waals surface area contributed by atoms with Crippen LogP contribution in [0.1, 0.15) is 18.6 Å². The molecule has 1 aliphatic rings. The molecule has 1 N–H and O–H groups in total. The molecule has 0 amide bonds. The van der Waals surface area contributed by atoms with Gasteiger partial charge in [-0.25, -0.2) is 0 Å². The number of anilines is 1. The van der Waals surface area contributed by atoms with Gasteiger partial charge in [-0.2, -0.15) is 4.98 Å². The molecule has 0 radical (unpaired) electrons. The first-order chi connectivity index (χ1) is 10.3. The van der Waals surface area contributed by atoms with E-state index < -0.39 is 0 Å². The van der Waals surface area contributed by atoms with Crippen molar-refractivity contribution in [2.75, 3.05) is 31.1 Å². The van der Waals surface area contributed by atoms with Gasteiger partial charge in [0.05, 0.1) is 0 Å². The molecule has 0 unspecified atom stereocenters. The standard InChI is InChI=1S/C15H20N4O2/c1-2-14-17-15(21-18-14)11-20-13-5-3-12(4-6-13)19-9-7-16-8-10-19/h3-6,16H,2,7-11H2,1H3. The van der Waals surface area contributed by atoms with Crippen molar-refractivity contribution in [1.82, 2.24) is 15.5 Å². The first-order valence-electron chi connectivity index (χ1n) is 7.35. The van der Waals surface area contributed by atoms with E-state index >= 15 is 0 Å². The van der Waals surface area contributed by atoms with Crippen LogP contribution in [0, 0.1) is 0 Å². The Morgan fingerprint density at radius 1 is 1.24 bits per heavy atom. The highest BCUT2D eigenvalue weighted by atomic mass is 16.5. The van der Waals surface area contributed by atoms with Crippen LogP contribution in [0.2, 0.25) is 0 Å². The van der Waals surface area contributed by atoms with Crippen molar-refractivity contribution in [3.05, 3.63) is 36.0 Å². The van der Waals surface area contributed by atoms with Crippen molar-refractivity contribution in [2.45, 2.75) is 20.0 Å². The number of nitrogens with zero attached hydrogens (tertiary/aromatic N) is 3.